The number of piperazine rings is 1. The van der Waals surface area contributed by atoms with Crippen LogP contribution in [-0.4, -0.2) is 65.3 Å². The molecule has 1 fully saturated rings. The number of amides is 1. The molecule has 2 aromatic rings. The van der Waals surface area contributed by atoms with Crippen LogP contribution in [0.1, 0.15) is 12.8 Å². The first-order chi connectivity index (χ1) is 14.4. The normalized spacial score (nSPS) is 14.5. The first kappa shape index (κ1) is 22.0. The van der Waals surface area contributed by atoms with Gasteiger partial charge in [0.2, 0.25) is 15.9 Å². The molecule has 8 heteroatoms. The van der Waals surface area contributed by atoms with Gasteiger partial charge in [-0.25, -0.2) is 8.42 Å². The molecule has 0 aliphatic carbocycles. The van der Waals surface area contributed by atoms with Gasteiger partial charge in [0.05, 0.1) is 19.1 Å². The molecule has 3 rings (SSSR count). The third-order valence-electron chi connectivity index (χ3n) is 5.27. The number of rotatable bonds is 8. The first-order valence-electron chi connectivity index (χ1n) is 10.1. The summed E-state index contributed by atoms with van der Waals surface area (Å²) in [5, 5.41) is 0. The molecule has 30 heavy (non-hydrogen) atoms. The van der Waals surface area contributed by atoms with Gasteiger partial charge in [0.15, 0.2) is 0 Å². The predicted molar refractivity (Wildman–Crippen MR) is 120 cm³/mol. The third-order valence-corrected chi connectivity index (χ3v) is 6.46. The number of carbonyl (C=O) groups excluding carboxylic acids is 1. The number of hydrogen-bond acceptors (Lipinski definition) is 5. The second kappa shape index (κ2) is 9.84. The summed E-state index contributed by atoms with van der Waals surface area (Å²) in [6.07, 6.45) is 2.01. The van der Waals surface area contributed by atoms with Crippen LogP contribution in [0.4, 0.5) is 11.4 Å². The lowest BCUT2D eigenvalue weighted by Crippen LogP contribution is -2.48. The fraction of sp³-hybridized carbons (Fsp3) is 0.409. The van der Waals surface area contributed by atoms with Crippen molar-refractivity contribution in [3.8, 4) is 5.75 Å². The summed E-state index contributed by atoms with van der Waals surface area (Å²) in [6.45, 7) is 3.17. The Hall–Kier alpha value is -2.74. The van der Waals surface area contributed by atoms with Gasteiger partial charge in [0.25, 0.3) is 0 Å². The molecule has 162 valence electrons. The van der Waals surface area contributed by atoms with E-state index in [0.717, 1.165) is 24.5 Å². The maximum atomic E-state index is 12.6. The Bertz CT molecular complexity index is 925. The van der Waals surface area contributed by atoms with E-state index in [9.17, 15) is 13.2 Å². The molecule has 0 N–H and O–H groups in total. The van der Waals surface area contributed by atoms with E-state index >= 15 is 0 Å². The first-order valence-corrected chi connectivity index (χ1v) is 11.9. The van der Waals surface area contributed by atoms with Crippen molar-refractivity contribution < 1.29 is 17.9 Å². The quantitative estimate of drug-likeness (QED) is 0.643. The van der Waals surface area contributed by atoms with Gasteiger partial charge in [0.1, 0.15) is 5.75 Å². The van der Waals surface area contributed by atoms with E-state index in [1.165, 1.54) is 10.6 Å². The van der Waals surface area contributed by atoms with Crippen LogP contribution in [0.15, 0.2) is 54.6 Å². The fourth-order valence-corrected chi connectivity index (χ4v) is 4.59. The molecule has 0 atom stereocenters. The van der Waals surface area contributed by atoms with Crippen LogP contribution >= 0.6 is 0 Å². The average molecular weight is 432 g/mol. The van der Waals surface area contributed by atoms with Crippen molar-refractivity contribution in [2.24, 2.45) is 0 Å². The molecule has 0 aromatic heterocycles. The minimum Gasteiger partial charge on any atom is -0.497 e. The smallest absolute Gasteiger partial charge is 0.232 e. The number of para-hydroxylation sites is 1. The van der Waals surface area contributed by atoms with E-state index in [1.807, 2.05) is 35.2 Å². The lowest BCUT2D eigenvalue weighted by atomic mass is 10.2. The SMILES string of the molecule is COc1ccc(N2CCN(C(=O)CCCN(c3ccccc3)S(C)(=O)=O)CC2)cc1. The molecular formula is C22H29N3O4S. The van der Waals surface area contributed by atoms with E-state index in [1.54, 1.807) is 31.4 Å². The molecule has 1 amide bonds. The number of methoxy groups -OCH3 is 1. The van der Waals surface area contributed by atoms with Crippen LogP contribution in [0.3, 0.4) is 0 Å². The zero-order chi connectivity index (χ0) is 21.6. The van der Waals surface area contributed by atoms with Crippen molar-refractivity contribution in [3.05, 3.63) is 54.6 Å². The lowest BCUT2D eigenvalue weighted by molar-refractivity contribution is -0.131. The third kappa shape index (κ3) is 5.66. The van der Waals surface area contributed by atoms with Gasteiger partial charge in [-0.3, -0.25) is 9.10 Å². The van der Waals surface area contributed by atoms with Crippen molar-refractivity contribution in [1.82, 2.24) is 4.90 Å². The molecule has 0 radical (unpaired) electrons. The van der Waals surface area contributed by atoms with Crippen LogP contribution in [-0.2, 0) is 14.8 Å². The Labute approximate surface area is 178 Å². The molecule has 7 nitrogen and oxygen atoms in total. The van der Waals surface area contributed by atoms with E-state index < -0.39 is 10.0 Å². The summed E-state index contributed by atoms with van der Waals surface area (Å²) in [6, 6.07) is 16.9. The van der Waals surface area contributed by atoms with Crippen molar-refractivity contribution in [1.29, 1.82) is 0 Å². The Morgan fingerprint density at radius 2 is 1.63 bits per heavy atom. The van der Waals surface area contributed by atoms with Crippen molar-refractivity contribution in [3.63, 3.8) is 0 Å². The fourth-order valence-electron chi connectivity index (χ4n) is 3.62. The standard InChI is InChI=1S/C22H29N3O4S/c1-29-21-12-10-19(11-13-21)23-15-17-24(18-16-23)22(26)9-6-14-25(30(2,27)28)20-7-4-3-5-8-20/h3-5,7-8,10-13H,6,9,14-18H2,1-2H3. The number of hydrogen-bond donors (Lipinski definition) is 0. The number of carbonyl (C=O) groups is 1. The largest absolute Gasteiger partial charge is 0.497 e. The van der Waals surface area contributed by atoms with Crippen molar-refractivity contribution in [2.45, 2.75) is 12.8 Å². The second-order valence-corrected chi connectivity index (χ2v) is 9.25. The summed E-state index contributed by atoms with van der Waals surface area (Å²) < 4.78 is 30.8. The minimum absolute atomic E-state index is 0.0749. The Balaban J connectivity index is 1.48. The number of benzene rings is 2. The van der Waals surface area contributed by atoms with Crippen LogP contribution < -0.4 is 13.9 Å². The maximum absolute atomic E-state index is 12.6. The summed E-state index contributed by atoms with van der Waals surface area (Å²) in [4.78, 5) is 16.7. The van der Waals surface area contributed by atoms with Crippen LogP contribution in [0.5, 0.6) is 5.75 Å². The topological polar surface area (TPSA) is 70.2 Å². The molecular weight excluding hydrogens is 402 g/mol. The molecule has 1 saturated heterocycles. The highest BCUT2D eigenvalue weighted by Gasteiger charge is 2.22. The number of nitrogens with zero attached hydrogens (tertiary/aromatic N) is 3. The molecule has 0 saturated carbocycles. The van der Waals surface area contributed by atoms with Crippen molar-refractivity contribution >= 4 is 27.3 Å². The van der Waals surface area contributed by atoms with Gasteiger partial charge in [-0.05, 0) is 42.8 Å². The molecule has 0 spiro atoms. The number of sulfonamides is 1. The molecule has 2 aromatic carbocycles. The van der Waals surface area contributed by atoms with Crippen LogP contribution in [0.2, 0.25) is 0 Å². The van der Waals surface area contributed by atoms with Crippen molar-refractivity contribution in [2.75, 3.05) is 55.3 Å². The van der Waals surface area contributed by atoms with E-state index in [0.29, 0.717) is 38.2 Å². The molecule has 0 bridgehead atoms. The predicted octanol–water partition coefficient (Wildman–Crippen LogP) is 2.59. The molecule has 0 unspecified atom stereocenters. The van der Waals surface area contributed by atoms with Gasteiger partial charge in [-0.1, -0.05) is 18.2 Å². The van der Waals surface area contributed by atoms with Gasteiger partial charge in [-0.15, -0.1) is 0 Å². The zero-order valence-electron chi connectivity index (χ0n) is 17.5. The molecule has 1 aliphatic heterocycles. The highest BCUT2D eigenvalue weighted by Crippen LogP contribution is 2.21. The monoisotopic (exact) mass is 431 g/mol. The van der Waals surface area contributed by atoms with Gasteiger partial charge < -0.3 is 14.5 Å². The Morgan fingerprint density at radius 1 is 1.00 bits per heavy atom. The van der Waals surface area contributed by atoms with Crippen LogP contribution in [0.25, 0.3) is 0 Å². The highest BCUT2D eigenvalue weighted by molar-refractivity contribution is 7.92. The van der Waals surface area contributed by atoms with Gasteiger partial charge in [0, 0.05) is 44.8 Å². The van der Waals surface area contributed by atoms with E-state index in [2.05, 4.69) is 4.90 Å². The molecule has 1 heterocycles. The van der Waals surface area contributed by atoms with Gasteiger partial charge >= 0.3 is 0 Å². The second-order valence-electron chi connectivity index (χ2n) is 7.34. The number of ether oxygens (including phenoxy) is 1. The zero-order valence-corrected chi connectivity index (χ0v) is 18.3. The summed E-state index contributed by atoms with van der Waals surface area (Å²) in [7, 11) is -1.74. The van der Waals surface area contributed by atoms with E-state index in [4.69, 9.17) is 4.74 Å². The Morgan fingerprint density at radius 3 is 2.20 bits per heavy atom. The number of anilines is 2. The summed E-state index contributed by atoms with van der Waals surface area (Å²) in [5.41, 5.74) is 1.75. The summed E-state index contributed by atoms with van der Waals surface area (Å²) >= 11 is 0. The van der Waals surface area contributed by atoms with Crippen LogP contribution in [0, 0.1) is 0 Å². The van der Waals surface area contributed by atoms with E-state index in [-0.39, 0.29) is 5.91 Å². The lowest BCUT2D eigenvalue weighted by Gasteiger charge is -2.36. The highest BCUT2D eigenvalue weighted by atomic mass is 32.2. The van der Waals surface area contributed by atoms with Gasteiger partial charge in [-0.2, -0.15) is 0 Å². The molecule has 1 aliphatic rings. The summed E-state index contributed by atoms with van der Waals surface area (Å²) in [5.74, 6) is 0.900. The Kier molecular flexibility index (Phi) is 7.20. The maximum Gasteiger partial charge on any atom is 0.232 e. The average Bonchev–Trinajstić information content (AvgIpc) is 2.76. The minimum atomic E-state index is -3.39.